The second kappa shape index (κ2) is 8.51. The average Bonchev–Trinajstić information content (AvgIpc) is 3.15. The summed E-state index contributed by atoms with van der Waals surface area (Å²) in [4.78, 5) is 31.1. The molecule has 2 heterocycles. The minimum atomic E-state index is -0.207. The molecule has 0 aliphatic rings. The number of para-hydroxylation sites is 3. The zero-order chi connectivity index (χ0) is 23.8. The van der Waals surface area contributed by atoms with Gasteiger partial charge in [-0.25, -0.2) is 9.38 Å². The van der Waals surface area contributed by atoms with Crippen LogP contribution < -0.4 is 15.6 Å². The number of rotatable bonds is 5. The minimum Gasteiger partial charge on any atom is -0.497 e. The number of amides is 1. The molecule has 34 heavy (non-hydrogen) atoms. The summed E-state index contributed by atoms with van der Waals surface area (Å²) in [7, 11) is 1.60. The van der Waals surface area contributed by atoms with Crippen LogP contribution in [0.1, 0.15) is 11.1 Å². The van der Waals surface area contributed by atoms with Gasteiger partial charge in [0.2, 0.25) is 11.7 Å². The van der Waals surface area contributed by atoms with Crippen LogP contribution in [0.3, 0.4) is 0 Å². The third-order valence-electron chi connectivity index (χ3n) is 5.99. The summed E-state index contributed by atoms with van der Waals surface area (Å²) < 4.78 is 8.57. The van der Waals surface area contributed by atoms with Gasteiger partial charge in [-0.15, -0.1) is 0 Å². The zero-order valence-electron chi connectivity index (χ0n) is 19.2. The Morgan fingerprint density at radius 3 is 2.29 bits per heavy atom. The molecule has 0 unspecified atom stereocenters. The van der Waals surface area contributed by atoms with E-state index in [0.29, 0.717) is 17.0 Å². The molecule has 0 spiro atoms. The summed E-state index contributed by atoms with van der Waals surface area (Å²) in [5, 5.41) is 3.03. The summed E-state index contributed by atoms with van der Waals surface area (Å²) >= 11 is 0. The Morgan fingerprint density at radius 1 is 0.941 bits per heavy atom. The first kappa shape index (κ1) is 21.5. The largest absolute Gasteiger partial charge is 0.497 e. The predicted molar refractivity (Wildman–Crippen MR) is 133 cm³/mol. The smallest absolute Gasteiger partial charge is 0.260 e. The van der Waals surface area contributed by atoms with E-state index in [1.165, 1.54) is 6.07 Å². The van der Waals surface area contributed by atoms with Gasteiger partial charge in [-0.05, 0) is 61.4 Å². The van der Waals surface area contributed by atoms with Gasteiger partial charge in [-0.1, -0.05) is 30.3 Å². The number of carbonyl (C=O) groups excluding carboxylic acids is 1. The van der Waals surface area contributed by atoms with Crippen LogP contribution in [-0.4, -0.2) is 27.0 Å². The summed E-state index contributed by atoms with van der Waals surface area (Å²) in [5.41, 5.74) is 5.37. The molecule has 0 saturated carbocycles. The standard InChI is InChI=1S/C27H24N4O3/c1-17-7-6-8-18(2)26(17)29-24(32)16-30-22-9-4-5-10-23(22)31-25(33)15-21(28-27(30)31)19-11-13-20(34-3)14-12-19/h4-15H,16H2,1-3H3,(H,29,32). The lowest BCUT2D eigenvalue weighted by Crippen LogP contribution is -2.21. The number of aryl methyl sites for hydroxylation is 2. The normalized spacial score (nSPS) is 11.1. The van der Waals surface area contributed by atoms with Crippen LogP contribution in [0.5, 0.6) is 5.75 Å². The van der Waals surface area contributed by atoms with E-state index in [1.54, 1.807) is 16.1 Å². The first-order valence-corrected chi connectivity index (χ1v) is 11.0. The topological polar surface area (TPSA) is 77.6 Å². The Labute approximate surface area is 196 Å². The Bertz CT molecular complexity index is 1580. The molecular weight excluding hydrogens is 428 g/mol. The third-order valence-corrected chi connectivity index (χ3v) is 5.99. The average molecular weight is 453 g/mol. The second-order valence-corrected chi connectivity index (χ2v) is 8.23. The van der Waals surface area contributed by atoms with Gasteiger partial charge >= 0.3 is 0 Å². The molecule has 1 N–H and O–H groups in total. The van der Waals surface area contributed by atoms with Gasteiger partial charge in [0.15, 0.2) is 0 Å². The molecule has 0 radical (unpaired) electrons. The van der Waals surface area contributed by atoms with Crippen LogP contribution in [0.15, 0.2) is 77.6 Å². The number of benzene rings is 3. The van der Waals surface area contributed by atoms with Gasteiger partial charge in [0.25, 0.3) is 5.56 Å². The number of methoxy groups -OCH3 is 1. The highest BCUT2D eigenvalue weighted by atomic mass is 16.5. The fourth-order valence-corrected chi connectivity index (χ4v) is 4.27. The first-order valence-electron chi connectivity index (χ1n) is 11.0. The van der Waals surface area contributed by atoms with Crippen LogP contribution in [0.2, 0.25) is 0 Å². The van der Waals surface area contributed by atoms with Crippen molar-refractivity contribution >= 4 is 28.4 Å². The highest BCUT2D eigenvalue weighted by Gasteiger charge is 2.18. The molecule has 0 bridgehead atoms. The van der Waals surface area contributed by atoms with Crippen molar-refractivity contribution in [3.63, 3.8) is 0 Å². The number of aromatic nitrogens is 3. The van der Waals surface area contributed by atoms with Crippen LogP contribution in [0.4, 0.5) is 5.69 Å². The highest BCUT2D eigenvalue weighted by Crippen LogP contribution is 2.24. The Morgan fingerprint density at radius 2 is 1.62 bits per heavy atom. The van der Waals surface area contributed by atoms with Crippen molar-refractivity contribution < 1.29 is 9.53 Å². The molecule has 0 saturated heterocycles. The fraction of sp³-hybridized carbons (Fsp3) is 0.148. The molecule has 7 heteroatoms. The Balaban J connectivity index is 1.62. The van der Waals surface area contributed by atoms with Gasteiger partial charge in [-0.2, -0.15) is 0 Å². The molecule has 3 aromatic carbocycles. The zero-order valence-corrected chi connectivity index (χ0v) is 19.2. The van der Waals surface area contributed by atoms with E-state index in [1.807, 2.05) is 80.6 Å². The Kier molecular flexibility index (Phi) is 5.37. The van der Waals surface area contributed by atoms with Gasteiger partial charge < -0.3 is 14.6 Å². The fourth-order valence-electron chi connectivity index (χ4n) is 4.27. The molecule has 0 aliphatic heterocycles. The summed E-state index contributed by atoms with van der Waals surface area (Å²) in [6, 6.07) is 22.3. The maximum atomic E-state index is 13.2. The lowest BCUT2D eigenvalue weighted by atomic mass is 10.1. The van der Waals surface area contributed by atoms with Crippen molar-refractivity contribution in [2.75, 3.05) is 12.4 Å². The molecule has 170 valence electrons. The number of nitrogens with one attached hydrogen (secondary N) is 1. The molecular formula is C27H24N4O3. The monoisotopic (exact) mass is 452 g/mol. The van der Waals surface area contributed by atoms with Gasteiger partial charge in [0, 0.05) is 17.3 Å². The van der Waals surface area contributed by atoms with Crippen molar-refractivity contribution in [2.45, 2.75) is 20.4 Å². The molecule has 7 nitrogen and oxygen atoms in total. The van der Waals surface area contributed by atoms with Crippen molar-refractivity contribution in [2.24, 2.45) is 0 Å². The third kappa shape index (κ3) is 3.71. The highest BCUT2D eigenvalue weighted by molar-refractivity contribution is 5.94. The van der Waals surface area contributed by atoms with E-state index in [-0.39, 0.29) is 18.0 Å². The van der Waals surface area contributed by atoms with Crippen LogP contribution in [0.25, 0.3) is 28.1 Å². The van der Waals surface area contributed by atoms with Gasteiger partial charge in [0.1, 0.15) is 12.3 Å². The molecule has 5 rings (SSSR count). The number of hydrogen-bond acceptors (Lipinski definition) is 4. The Hall–Kier alpha value is -4.39. The predicted octanol–water partition coefficient (Wildman–Crippen LogP) is 4.58. The lowest BCUT2D eigenvalue weighted by molar-refractivity contribution is -0.116. The second-order valence-electron chi connectivity index (χ2n) is 8.23. The van der Waals surface area contributed by atoms with Crippen molar-refractivity contribution in [1.29, 1.82) is 0 Å². The number of nitrogens with zero attached hydrogens (tertiary/aromatic N) is 3. The first-order chi connectivity index (χ1) is 16.5. The van der Waals surface area contributed by atoms with E-state index >= 15 is 0 Å². The minimum absolute atomic E-state index is 0.0172. The number of imidazole rings is 1. The van der Waals surface area contributed by atoms with Gasteiger partial charge in [-0.3, -0.25) is 9.59 Å². The molecule has 0 fully saturated rings. The number of anilines is 1. The number of fused-ring (bicyclic) bond motifs is 3. The van der Waals surface area contributed by atoms with E-state index in [4.69, 9.17) is 9.72 Å². The summed E-state index contributed by atoms with van der Waals surface area (Å²) in [6.07, 6.45) is 0. The number of carbonyl (C=O) groups is 1. The SMILES string of the molecule is COc1ccc(-c2cc(=O)n3c4ccccc4n(CC(=O)Nc4c(C)cccc4C)c3n2)cc1. The van der Waals surface area contributed by atoms with Crippen LogP contribution >= 0.6 is 0 Å². The quantitative estimate of drug-likeness (QED) is 0.423. The molecule has 1 amide bonds. The summed E-state index contributed by atoms with van der Waals surface area (Å²) in [6.45, 7) is 3.94. The van der Waals surface area contributed by atoms with E-state index in [0.717, 1.165) is 33.6 Å². The molecule has 2 aromatic heterocycles. The van der Waals surface area contributed by atoms with Crippen LogP contribution in [-0.2, 0) is 11.3 Å². The van der Waals surface area contributed by atoms with Crippen molar-refractivity contribution in [3.8, 4) is 17.0 Å². The van der Waals surface area contributed by atoms with Crippen molar-refractivity contribution in [3.05, 3.63) is 94.3 Å². The summed E-state index contributed by atoms with van der Waals surface area (Å²) in [5.74, 6) is 0.944. The van der Waals surface area contributed by atoms with Crippen molar-refractivity contribution in [1.82, 2.24) is 14.0 Å². The maximum absolute atomic E-state index is 13.2. The van der Waals surface area contributed by atoms with Crippen LogP contribution in [0, 0.1) is 13.8 Å². The van der Waals surface area contributed by atoms with Gasteiger partial charge in [0.05, 0.1) is 23.8 Å². The number of hydrogen-bond donors (Lipinski definition) is 1. The van der Waals surface area contributed by atoms with E-state index < -0.39 is 0 Å². The molecule has 5 aromatic rings. The number of ether oxygens (including phenoxy) is 1. The maximum Gasteiger partial charge on any atom is 0.260 e. The molecule has 0 aliphatic carbocycles. The van der Waals surface area contributed by atoms with E-state index in [2.05, 4.69) is 5.32 Å². The lowest BCUT2D eigenvalue weighted by Gasteiger charge is -2.12. The van der Waals surface area contributed by atoms with E-state index in [9.17, 15) is 9.59 Å². The molecule has 0 atom stereocenters.